The van der Waals surface area contributed by atoms with Gasteiger partial charge in [0.05, 0.1) is 0 Å². The fourth-order valence-electron chi connectivity index (χ4n) is 1.91. The summed E-state index contributed by atoms with van der Waals surface area (Å²) < 4.78 is 18.1. The Morgan fingerprint density at radius 1 is 1.05 bits per heavy atom. The van der Waals surface area contributed by atoms with Crippen molar-refractivity contribution in [3.05, 3.63) is 65.8 Å². The Bertz CT molecular complexity index is 795. The van der Waals surface area contributed by atoms with Crippen LogP contribution in [0.2, 0.25) is 0 Å². The second-order valence-corrected chi connectivity index (χ2v) is 4.66. The van der Waals surface area contributed by atoms with Gasteiger partial charge in [0.2, 0.25) is 11.8 Å². The van der Waals surface area contributed by atoms with E-state index in [0.29, 0.717) is 23.0 Å². The van der Waals surface area contributed by atoms with Crippen molar-refractivity contribution in [1.82, 2.24) is 10.2 Å². The molecule has 1 amide bonds. The van der Waals surface area contributed by atoms with Gasteiger partial charge in [0.25, 0.3) is 5.91 Å². The highest BCUT2D eigenvalue weighted by Gasteiger charge is 2.09. The molecular formula is C16H12FN3O2. The molecule has 0 saturated carbocycles. The lowest BCUT2D eigenvalue weighted by Gasteiger charge is -2.05. The molecule has 0 bridgehead atoms. The minimum atomic E-state index is -0.350. The molecule has 22 heavy (non-hydrogen) atoms. The molecule has 110 valence electrons. The topological polar surface area (TPSA) is 68.0 Å². The van der Waals surface area contributed by atoms with E-state index in [0.717, 1.165) is 5.56 Å². The smallest absolute Gasteiger partial charge is 0.255 e. The Balaban J connectivity index is 1.74. The Hall–Kier alpha value is -3.02. The van der Waals surface area contributed by atoms with Gasteiger partial charge in [-0.05, 0) is 48.5 Å². The first kappa shape index (κ1) is 13.9. The van der Waals surface area contributed by atoms with Crippen LogP contribution in [0.3, 0.4) is 0 Å². The number of nitrogens with one attached hydrogen (secondary N) is 1. The van der Waals surface area contributed by atoms with Crippen molar-refractivity contribution in [2.45, 2.75) is 6.92 Å². The van der Waals surface area contributed by atoms with E-state index in [9.17, 15) is 9.18 Å². The molecule has 0 saturated heterocycles. The fraction of sp³-hybridized carbons (Fsp3) is 0.0625. The highest BCUT2D eigenvalue weighted by Crippen LogP contribution is 2.18. The molecule has 6 heteroatoms. The third-order valence-corrected chi connectivity index (χ3v) is 3.02. The van der Waals surface area contributed by atoms with Crippen molar-refractivity contribution in [1.29, 1.82) is 0 Å². The van der Waals surface area contributed by atoms with Crippen LogP contribution < -0.4 is 5.32 Å². The number of aryl methyl sites for hydroxylation is 1. The number of carbonyl (C=O) groups excluding carboxylic acids is 1. The van der Waals surface area contributed by atoms with E-state index in [1.165, 1.54) is 24.3 Å². The van der Waals surface area contributed by atoms with Gasteiger partial charge in [0.1, 0.15) is 5.82 Å². The van der Waals surface area contributed by atoms with Gasteiger partial charge in [0, 0.05) is 23.7 Å². The number of nitrogens with zero attached hydrogens (tertiary/aromatic N) is 2. The average molecular weight is 297 g/mol. The molecule has 2 aromatic carbocycles. The number of benzene rings is 2. The Labute approximate surface area is 125 Å². The number of hydrogen-bond acceptors (Lipinski definition) is 4. The summed E-state index contributed by atoms with van der Waals surface area (Å²) in [6.07, 6.45) is 0. The Morgan fingerprint density at radius 3 is 2.32 bits per heavy atom. The predicted molar refractivity (Wildman–Crippen MR) is 78.8 cm³/mol. The predicted octanol–water partition coefficient (Wildman–Crippen LogP) is 3.44. The van der Waals surface area contributed by atoms with Crippen molar-refractivity contribution in [2.75, 3.05) is 5.32 Å². The number of aromatic nitrogens is 2. The van der Waals surface area contributed by atoms with E-state index in [-0.39, 0.29) is 11.7 Å². The molecule has 1 heterocycles. The molecule has 0 aliphatic heterocycles. The van der Waals surface area contributed by atoms with Crippen molar-refractivity contribution >= 4 is 11.6 Å². The van der Waals surface area contributed by atoms with Crippen LogP contribution in [0.15, 0.2) is 52.9 Å². The first-order chi connectivity index (χ1) is 10.6. The third-order valence-electron chi connectivity index (χ3n) is 3.02. The van der Waals surface area contributed by atoms with Crippen LogP contribution in [0.4, 0.5) is 10.1 Å². The van der Waals surface area contributed by atoms with Crippen LogP contribution in [0.25, 0.3) is 11.5 Å². The maximum atomic E-state index is 12.8. The van der Waals surface area contributed by atoms with Crippen LogP contribution >= 0.6 is 0 Å². The lowest BCUT2D eigenvalue weighted by Crippen LogP contribution is -2.11. The van der Waals surface area contributed by atoms with Gasteiger partial charge < -0.3 is 9.73 Å². The van der Waals surface area contributed by atoms with Crippen LogP contribution in [-0.2, 0) is 0 Å². The number of hydrogen-bond donors (Lipinski definition) is 1. The van der Waals surface area contributed by atoms with Gasteiger partial charge in [-0.1, -0.05) is 0 Å². The SMILES string of the molecule is Cc1nnc(-c2ccc(C(=O)Nc3ccc(F)cc3)cc2)o1. The highest BCUT2D eigenvalue weighted by atomic mass is 19.1. The van der Waals surface area contributed by atoms with Crippen molar-refractivity contribution < 1.29 is 13.6 Å². The fourth-order valence-corrected chi connectivity index (χ4v) is 1.91. The zero-order valence-electron chi connectivity index (χ0n) is 11.7. The number of rotatable bonds is 3. The van der Waals surface area contributed by atoms with E-state index in [4.69, 9.17) is 4.42 Å². The van der Waals surface area contributed by atoms with Crippen LogP contribution in [0, 0.1) is 12.7 Å². The molecule has 0 aliphatic carbocycles. The lowest BCUT2D eigenvalue weighted by molar-refractivity contribution is 0.102. The zero-order valence-corrected chi connectivity index (χ0v) is 11.7. The lowest BCUT2D eigenvalue weighted by atomic mass is 10.1. The summed E-state index contributed by atoms with van der Waals surface area (Å²) in [5, 5.41) is 10.4. The quantitative estimate of drug-likeness (QED) is 0.804. The normalized spacial score (nSPS) is 10.5. The molecule has 0 radical (unpaired) electrons. The summed E-state index contributed by atoms with van der Waals surface area (Å²) in [4.78, 5) is 12.1. The van der Waals surface area contributed by atoms with E-state index in [1.807, 2.05) is 0 Å². The molecule has 0 unspecified atom stereocenters. The number of carbonyl (C=O) groups is 1. The molecule has 0 atom stereocenters. The molecule has 1 aromatic heterocycles. The van der Waals surface area contributed by atoms with Crippen LogP contribution in [0.5, 0.6) is 0 Å². The maximum Gasteiger partial charge on any atom is 0.255 e. The van der Waals surface area contributed by atoms with Crippen LogP contribution in [0.1, 0.15) is 16.2 Å². The first-order valence-electron chi connectivity index (χ1n) is 6.59. The first-order valence-corrected chi connectivity index (χ1v) is 6.59. The molecule has 3 aromatic rings. The molecule has 0 fully saturated rings. The third kappa shape index (κ3) is 3.01. The number of anilines is 1. The van der Waals surface area contributed by atoms with Gasteiger partial charge in [0.15, 0.2) is 0 Å². The summed E-state index contributed by atoms with van der Waals surface area (Å²) in [7, 11) is 0. The van der Waals surface area contributed by atoms with Gasteiger partial charge in [-0.25, -0.2) is 4.39 Å². The molecule has 3 rings (SSSR count). The van der Waals surface area contributed by atoms with E-state index >= 15 is 0 Å². The molecule has 5 nitrogen and oxygen atoms in total. The molecule has 1 N–H and O–H groups in total. The summed E-state index contributed by atoms with van der Waals surface area (Å²) in [6, 6.07) is 12.4. The number of amides is 1. The summed E-state index contributed by atoms with van der Waals surface area (Å²) in [5.41, 5.74) is 1.74. The average Bonchev–Trinajstić information content (AvgIpc) is 2.96. The van der Waals surface area contributed by atoms with Gasteiger partial charge in [-0.2, -0.15) is 0 Å². The summed E-state index contributed by atoms with van der Waals surface area (Å²) in [5.74, 6) is 0.258. The van der Waals surface area contributed by atoms with Gasteiger partial charge >= 0.3 is 0 Å². The minimum absolute atomic E-state index is 0.278. The molecule has 0 spiro atoms. The molecule has 0 aliphatic rings. The largest absolute Gasteiger partial charge is 0.421 e. The maximum absolute atomic E-state index is 12.8. The monoisotopic (exact) mass is 297 g/mol. The minimum Gasteiger partial charge on any atom is -0.421 e. The van der Waals surface area contributed by atoms with E-state index in [2.05, 4.69) is 15.5 Å². The highest BCUT2D eigenvalue weighted by molar-refractivity contribution is 6.04. The second-order valence-electron chi connectivity index (χ2n) is 4.66. The van der Waals surface area contributed by atoms with Crippen LogP contribution in [-0.4, -0.2) is 16.1 Å². The summed E-state index contributed by atoms with van der Waals surface area (Å²) >= 11 is 0. The summed E-state index contributed by atoms with van der Waals surface area (Å²) in [6.45, 7) is 1.71. The van der Waals surface area contributed by atoms with Crippen molar-refractivity contribution in [3.63, 3.8) is 0 Å². The van der Waals surface area contributed by atoms with E-state index < -0.39 is 0 Å². The van der Waals surface area contributed by atoms with E-state index in [1.54, 1.807) is 31.2 Å². The van der Waals surface area contributed by atoms with Gasteiger partial charge in [-0.15, -0.1) is 10.2 Å². The van der Waals surface area contributed by atoms with Gasteiger partial charge in [-0.3, -0.25) is 4.79 Å². The molecular weight excluding hydrogens is 285 g/mol. The van der Waals surface area contributed by atoms with Crippen molar-refractivity contribution in [2.24, 2.45) is 0 Å². The Kier molecular flexibility index (Phi) is 3.65. The van der Waals surface area contributed by atoms with Crippen molar-refractivity contribution in [3.8, 4) is 11.5 Å². The standard InChI is InChI=1S/C16H12FN3O2/c1-10-19-20-16(22-10)12-4-2-11(3-5-12)15(21)18-14-8-6-13(17)7-9-14/h2-9H,1H3,(H,18,21). The zero-order chi connectivity index (χ0) is 15.5. The Morgan fingerprint density at radius 2 is 1.73 bits per heavy atom. The number of halogens is 1. The second kappa shape index (κ2) is 5.77.